The highest BCUT2D eigenvalue weighted by molar-refractivity contribution is 6.06. The summed E-state index contributed by atoms with van der Waals surface area (Å²) < 4.78 is 11.4. The molecule has 2 aliphatic heterocycles. The number of ether oxygens (including phenoxy) is 2. The molecule has 0 bridgehead atoms. The number of hydrogen-bond donors (Lipinski definition) is 2. The molecule has 1 aromatic heterocycles. The van der Waals surface area contributed by atoms with Crippen LogP contribution in [0.15, 0.2) is 42.5 Å². The van der Waals surface area contributed by atoms with Gasteiger partial charge in [-0.15, -0.1) is 0 Å². The van der Waals surface area contributed by atoms with Crippen molar-refractivity contribution in [1.29, 1.82) is 0 Å². The Morgan fingerprint density at radius 2 is 1.97 bits per heavy atom. The van der Waals surface area contributed by atoms with Crippen molar-refractivity contribution in [2.75, 3.05) is 31.6 Å². The van der Waals surface area contributed by atoms with E-state index in [9.17, 15) is 4.79 Å². The molecular weight excluding hydrogens is 402 g/mol. The van der Waals surface area contributed by atoms with Gasteiger partial charge >= 0.3 is 0 Å². The Morgan fingerprint density at radius 3 is 2.72 bits per heavy atom. The smallest absolute Gasteiger partial charge is 0.255 e. The van der Waals surface area contributed by atoms with E-state index >= 15 is 0 Å². The monoisotopic (exact) mass is 433 g/mol. The molecule has 2 aromatic carbocycles. The van der Waals surface area contributed by atoms with Gasteiger partial charge in [0.2, 0.25) is 0 Å². The number of aromatic nitrogens is 1. The van der Waals surface area contributed by atoms with Gasteiger partial charge in [-0.1, -0.05) is 6.07 Å². The largest absolute Gasteiger partial charge is 0.491 e. The van der Waals surface area contributed by atoms with Gasteiger partial charge in [-0.3, -0.25) is 9.69 Å². The topological polar surface area (TPSA) is 66.6 Å². The number of carbonyl (C=O) groups excluding carboxylic acids is 1. The molecule has 2 N–H and O–H groups in total. The lowest BCUT2D eigenvalue weighted by molar-refractivity contribution is 0.0679. The minimum absolute atomic E-state index is 0.123. The van der Waals surface area contributed by atoms with Crippen LogP contribution in [0.25, 0.3) is 10.9 Å². The van der Waals surface area contributed by atoms with Crippen LogP contribution in [0.2, 0.25) is 0 Å². The summed E-state index contributed by atoms with van der Waals surface area (Å²) in [5.74, 6) is 0.633. The number of H-pyrrole nitrogens is 1. The fraction of sp³-hybridized carbons (Fsp3) is 0.423. The molecule has 2 saturated heterocycles. The molecule has 0 saturated carbocycles. The van der Waals surface area contributed by atoms with E-state index in [1.807, 2.05) is 18.2 Å². The predicted octanol–water partition coefficient (Wildman–Crippen LogP) is 4.88. The van der Waals surface area contributed by atoms with Crippen LogP contribution in [0.1, 0.15) is 47.3 Å². The van der Waals surface area contributed by atoms with Crippen molar-refractivity contribution >= 4 is 22.5 Å². The van der Waals surface area contributed by atoms with Crippen LogP contribution in [0.5, 0.6) is 5.75 Å². The minimum Gasteiger partial charge on any atom is -0.491 e. The van der Waals surface area contributed by atoms with Crippen molar-refractivity contribution in [2.45, 2.75) is 45.3 Å². The van der Waals surface area contributed by atoms with E-state index in [1.54, 1.807) is 12.1 Å². The second kappa shape index (κ2) is 9.35. The minimum atomic E-state index is -0.123. The summed E-state index contributed by atoms with van der Waals surface area (Å²) in [5, 5.41) is 4.25. The molecule has 1 atom stereocenters. The quantitative estimate of drug-likeness (QED) is 0.557. The highest BCUT2D eigenvalue weighted by atomic mass is 16.5. The number of amides is 1. The third-order valence-electron chi connectivity index (χ3n) is 6.53. The molecule has 0 spiro atoms. The van der Waals surface area contributed by atoms with Crippen LogP contribution in [-0.2, 0) is 11.3 Å². The number of rotatable bonds is 7. The Bertz CT molecular complexity index is 1080. The van der Waals surface area contributed by atoms with E-state index in [0.717, 1.165) is 48.5 Å². The maximum Gasteiger partial charge on any atom is 0.255 e. The molecule has 0 radical (unpaired) electrons. The van der Waals surface area contributed by atoms with Gasteiger partial charge in [0.25, 0.3) is 5.91 Å². The Kier molecular flexibility index (Phi) is 6.14. The van der Waals surface area contributed by atoms with Crippen molar-refractivity contribution < 1.29 is 14.3 Å². The summed E-state index contributed by atoms with van der Waals surface area (Å²) in [6.45, 7) is 6.73. The number of benzene rings is 2. The molecule has 0 unspecified atom stereocenters. The number of aromatic amines is 1. The summed E-state index contributed by atoms with van der Waals surface area (Å²) in [6.07, 6.45) is 4.90. The van der Waals surface area contributed by atoms with Gasteiger partial charge in [0.1, 0.15) is 12.4 Å². The van der Waals surface area contributed by atoms with Crippen LogP contribution in [0, 0.1) is 6.92 Å². The first kappa shape index (κ1) is 21.0. The lowest BCUT2D eigenvalue weighted by Crippen LogP contribution is -2.18. The van der Waals surface area contributed by atoms with E-state index in [1.165, 1.54) is 37.0 Å². The van der Waals surface area contributed by atoms with Gasteiger partial charge < -0.3 is 19.8 Å². The van der Waals surface area contributed by atoms with Crippen molar-refractivity contribution in [3.05, 3.63) is 59.3 Å². The average molecular weight is 434 g/mol. The fourth-order valence-corrected chi connectivity index (χ4v) is 4.67. The molecule has 168 valence electrons. The van der Waals surface area contributed by atoms with Crippen molar-refractivity contribution in [2.24, 2.45) is 0 Å². The van der Waals surface area contributed by atoms with Crippen LogP contribution < -0.4 is 10.1 Å². The lowest BCUT2D eigenvalue weighted by Gasteiger charge is -2.13. The molecule has 1 amide bonds. The molecule has 3 heterocycles. The SMILES string of the molecule is Cc1c(NC(=O)c2ccc(OC[C@@H]3CCCO3)cc2)ccc2cc(CN3CCCC3)[nH]c12. The number of nitrogens with one attached hydrogen (secondary N) is 2. The van der Waals surface area contributed by atoms with Crippen molar-refractivity contribution in [3.63, 3.8) is 0 Å². The highest BCUT2D eigenvalue weighted by Gasteiger charge is 2.17. The molecule has 2 fully saturated rings. The number of anilines is 1. The maximum absolute atomic E-state index is 12.8. The highest BCUT2D eigenvalue weighted by Crippen LogP contribution is 2.27. The number of carbonyl (C=O) groups is 1. The Hall–Kier alpha value is -2.83. The van der Waals surface area contributed by atoms with Gasteiger partial charge in [-0.25, -0.2) is 0 Å². The molecule has 3 aromatic rings. The number of fused-ring (bicyclic) bond motifs is 1. The average Bonchev–Trinajstić information content (AvgIpc) is 3.57. The van der Waals surface area contributed by atoms with E-state index in [0.29, 0.717) is 12.2 Å². The van der Waals surface area contributed by atoms with Crippen molar-refractivity contribution in [1.82, 2.24) is 9.88 Å². The predicted molar refractivity (Wildman–Crippen MR) is 126 cm³/mol. The molecule has 0 aliphatic carbocycles. The summed E-state index contributed by atoms with van der Waals surface area (Å²) in [5.41, 5.74) is 4.81. The number of nitrogens with zero attached hydrogens (tertiary/aromatic N) is 1. The molecule has 6 nitrogen and oxygen atoms in total. The first-order valence-corrected chi connectivity index (χ1v) is 11.6. The first-order valence-electron chi connectivity index (χ1n) is 11.6. The third kappa shape index (κ3) is 4.66. The van der Waals surface area contributed by atoms with E-state index in [-0.39, 0.29) is 12.0 Å². The zero-order valence-corrected chi connectivity index (χ0v) is 18.7. The normalized spacial score (nSPS) is 19.0. The standard InChI is InChI=1S/C26H31N3O3/c1-18-24(11-8-20-15-21(27-25(18)20)16-29-12-2-3-13-29)28-26(30)19-6-9-22(10-7-19)32-17-23-5-4-14-31-23/h6-11,15,23,27H,2-5,12-14,16-17H2,1H3,(H,28,30)/t23-/m0/s1. The van der Waals surface area contributed by atoms with Gasteiger partial charge in [0.15, 0.2) is 0 Å². The lowest BCUT2D eigenvalue weighted by atomic mass is 10.1. The number of aryl methyl sites for hydroxylation is 1. The Labute approximate surface area is 188 Å². The van der Waals surface area contributed by atoms with Crippen molar-refractivity contribution in [3.8, 4) is 5.75 Å². The summed E-state index contributed by atoms with van der Waals surface area (Å²) in [4.78, 5) is 18.9. The number of hydrogen-bond acceptors (Lipinski definition) is 4. The van der Waals surface area contributed by atoms with E-state index in [4.69, 9.17) is 9.47 Å². The van der Waals surface area contributed by atoms with Crippen LogP contribution >= 0.6 is 0 Å². The van der Waals surface area contributed by atoms with Crippen LogP contribution in [-0.4, -0.2) is 48.2 Å². The van der Waals surface area contributed by atoms with Gasteiger partial charge in [-0.05, 0) is 87.7 Å². The summed E-state index contributed by atoms with van der Waals surface area (Å²) in [7, 11) is 0. The molecule has 6 heteroatoms. The van der Waals surface area contributed by atoms with E-state index < -0.39 is 0 Å². The summed E-state index contributed by atoms with van der Waals surface area (Å²) >= 11 is 0. The second-order valence-corrected chi connectivity index (χ2v) is 8.90. The molecule has 2 aliphatic rings. The first-order chi connectivity index (χ1) is 15.7. The molecule has 5 rings (SSSR count). The fourth-order valence-electron chi connectivity index (χ4n) is 4.67. The molecule has 32 heavy (non-hydrogen) atoms. The van der Waals surface area contributed by atoms with E-state index in [2.05, 4.69) is 34.3 Å². The Balaban J connectivity index is 1.24. The third-order valence-corrected chi connectivity index (χ3v) is 6.53. The van der Waals surface area contributed by atoms with Gasteiger partial charge in [0, 0.05) is 35.5 Å². The van der Waals surface area contributed by atoms with Crippen LogP contribution in [0.3, 0.4) is 0 Å². The van der Waals surface area contributed by atoms with Gasteiger partial charge in [0.05, 0.1) is 11.6 Å². The molecular formula is C26H31N3O3. The number of likely N-dealkylation sites (tertiary alicyclic amines) is 1. The zero-order valence-electron chi connectivity index (χ0n) is 18.7. The Morgan fingerprint density at radius 1 is 1.16 bits per heavy atom. The second-order valence-electron chi connectivity index (χ2n) is 8.90. The van der Waals surface area contributed by atoms with Gasteiger partial charge in [-0.2, -0.15) is 0 Å². The van der Waals surface area contributed by atoms with Crippen LogP contribution in [0.4, 0.5) is 5.69 Å². The zero-order chi connectivity index (χ0) is 21.9. The maximum atomic E-state index is 12.8. The summed E-state index contributed by atoms with van der Waals surface area (Å²) in [6, 6.07) is 13.6.